The van der Waals surface area contributed by atoms with Gasteiger partial charge in [-0.05, 0) is 43.5 Å². The molecule has 2 fully saturated rings. The summed E-state index contributed by atoms with van der Waals surface area (Å²) in [7, 11) is 0. The Bertz CT molecular complexity index is 1030. The van der Waals surface area contributed by atoms with Gasteiger partial charge in [0.1, 0.15) is 5.15 Å². The number of hydrogen-bond acceptors (Lipinski definition) is 4. The fourth-order valence-corrected chi connectivity index (χ4v) is 4.73. The van der Waals surface area contributed by atoms with Crippen LogP contribution in [-0.4, -0.2) is 70.8 Å². The van der Waals surface area contributed by atoms with Crippen molar-refractivity contribution in [3.63, 3.8) is 0 Å². The van der Waals surface area contributed by atoms with Crippen LogP contribution >= 0.6 is 23.2 Å². The molecule has 0 aliphatic carbocycles. The number of hydrogen-bond donors (Lipinski definition) is 0. The average molecular weight is 491 g/mol. The lowest BCUT2D eigenvalue weighted by Gasteiger charge is -2.35. The molecule has 1 aromatic carbocycles. The van der Waals surface area contributed by atoms with Gasteiger partial charge in [-0.2, -0.15) is 5.10 Å². The summed E-state index contributed by atoms with van der Waals surface area (Å²) in [6, 6.07) is 7.52. The second-order valence-electron chi connectivity index (χ2n) is 8.47. The standard InChI is InChI=1S/C24H28Cl2N4O3/c1-17-21(23(26)30(27-17)15-18-4-6-20(25)7-5-18)8-9-22(31)29-10-2-3-19(16-29)24(32)28-11-13-33-14-12-28/h4-9,19H,2-3,10-16H2,1H3/b9-8+. The van der Waals surface area contributed by atoms with Gasteiger partial charge in [0.25, 0.3) is 0 Å². The van der Waals surface area contributed by atoms with Gasteiger partial charge in [-0.3, -0.25) is 9.59 Å². The zero-order chi connectivity index (χ0) is 23.4. The van der Waals surface area contributed by atoms with Gasteiger partial charge in [0.05, 0.1) is 31.4 Å². The van der Waals surface area contributed by atoms with Gasteiger partial charge >= 0.3 is 0 Å². The van der Waals surface area contributed by atoms with Crippen LogP contribution in [0.15, 0.2) is 30.3 Å². The van der Waals surface area contributed by atoms with Crippen molar-refractivity contribution in [1.82, 2.24) is 19.6 Å². The predicted octanol–water partition coefficient (Wildman–Crippen LogP) is 3.66. The number of benzene rings is 1. The molecule has 1 unspecified atom stereocenters. The SMILES string of the molecule is Cc1nn(Cc2ccc(Cl)cc2)c(Cl)c1/C=C/C(=O)N1CCCC(C(=O)N2CCOCC2)C1. The van der Waals surface area contributed by atoms with E-state index in [1.807, 2.05) is 36.1 Å². The van der Waals surface area contributed by atoms with Crippen LogP contribution in [0.4, 0.5) is 0 Å². The summed E-state index contributed by atoms with van der Waals surface area (Å²) in [6.45, 7) is 5.89. The number of morpholine rings is 1. The van der Waals surface area contributed by atoms with Crippen molar-refractivity contribution in [2.45, 2.75) is 26.3 Å². The Kier molecular flexibility index (Phi) is 7.73. The number of likely N-dealkylation sites (tertiary alicyclic amines) is 1. The van der Waals surface area contributed by atoms with Gasteiger partial charge in [-0.1, -0.05) is 35.3 Å². The van der Waals surface area contributed by atoms with Crippen molar-refractivity contribution < 1.29 is 14.3 Å². The first kappa shape index (κ1) is 23.8. The minimum Gasteiger partial charge on any atom is -0.378 e. The van der Waals surface area contributed by atoms with Crippen molar-refractivity contribution in [2.75, 3.05) is 39.4 Å². The lowest BCUT2D eigenvalue weighted by Crippen LogP contribution is -2.49. The number of halogens is 2. The van der Waals surface area contributed by atoms with E-state index >= 15 is 0 Å². The molecule has 2 aliphatic heterocycles. The summed E-state index contributed by atoms with van der Waals surface area (Å²) in [5, 5.41) is 5.67. The van der Waals surface area contributed by atoms with E-state index in [1.165, 1.54) is 6.08 Å². The first-order valence-corrected chi connectivity index (χ1v) is 12.0. The molecular formula is C24H28Cl2N4O3. The smallest absolute Gasteiger partial charge is 0.246 e. The van der Waals surface area contributed by atoms with E-state index < -0.39 is 0 Å². The molecule has 33 heavy (non-hydrogen) atoms. The molecule has 1 atom stereocenters. The van der Waals surface area contributed by atoms with Crippen molar-refractivity contribution in [1.29, 1.82) is 0 Å². The summed E-state index contributed by atoms with van der Waals surface area (Å²) in [4.78, 5) is 29.3. The number of amides is 2. The molecule has 2 saturated heterocycles. The molecule has 0 N–H and O–H groups in total. The maximum absolute atomic E-state index is 12.9. The third kappa shape index (κ3) is 5.78. The highest BCUT2D eigenvalue weighted by molar-refractivity contribution is 6.31. The highest BCUT2D eigenvalue weighted by Gasteiger charge is 2.31. The maximum Gasteiger partial charge on any atom is 0.246 e. The summed E-state index contributed by atoms with van der Waals surface area (Å²) >= 11 is 12.5. The molecule has 2 amide bonds. The third-order valence-electron chi connectivity index (χ3n) is 6.15. The topological polar surface area (TPSA) is 67.7 Å². The fraction of sp³-hybridized carbons (Fsp3) is 0.458. The molecule has 0 radical (unpaired) electrons. The molecule has 3 heterocycles. The molecule has 0 spiro atoms. The van der Waals surface area contributed by atoms with Gasteiger partial charge in [0.2, 0.25) is 11.8 Å². The van der Waals surface area contributed by atoms with Crippen LogP contribution in [0.1, 0.15) is 29.7 Å². The van der Waals surface area contributed by atoms with Crippen molar-refractivity contribution in [3.05, 3.63) is 57.3 Å². The number of piperidine rings is 1. The van der Waals surface area contributed by atoms with Crippen LogP contribution in [0.25, 0.3) is 6.08 Å². The van der Waals surface area contributed by atoms with Gasteiger partial charge < -0.3 is 14.5 Å². The molecule has 176 valence electrons. The first-order chi connectivity index (χ1) is 15.9. The number of nitrogens with zero attached hydrogens (tertiary/aromatic N) is 4. The summed E-state index contributed by atoms with van der Waals surface area (Å²) in [6.07, 6.45) is 4.88. The van der Waals surface area contributed by atoms with E-state index in [2.05, 4.69) is 5.10 Å². The minimum absolute atomic E-state index is 0.115. The Labute approximate surface area is 203 Å². The quantitative estimate of drug-likeness (QED) is 0.599. The largest absolute Gasteiger partial charge is 0.378 e. The maximum atomic E-state index is 12.9. The third-order valence-corrected chi connectivity index (χ3v) is 6.80. The lowest BCUT2D eigenvalue weighted by atomic mass is 9.96. The first-order valence-electron chi connectivity index (χ1n) is 11.2. The van der Waals surface area contributed by atoms with E-state index in [1.54, 1.807) is 15.7 Å². The van der Waals surface area contributed by atoms with Crippen LogP contribution in [0.3, 0.4) is 0 Å². The second-order valence-corrected chi connectivity index (χ2v) is 9.26. The van der Waals surface area contributed by atoms with Crippen molar-refractivity contribution in [2.24, 2.45) is 5.92 Å². The van der Waals surface area contributed by atoms with Gasteiger partial charge in [-0.15, -0.1) is 0 Å². The van der Waals surface area contributed by atoms with E-state index in [4.69, 9.17) is 27.9 Å². The summed E-state index contributed by atoms with van der Waals surface area (Å²) in [5.41, 5.74) is 2.49. The number of rotatable bonds is 5. The zero-order valence-corrected chi connectivity index (χ0v) is 20.2. The van der Waals surface area contributed by atoms with E-state index in [-0.39, 0.29) is 17.7 Å². The van der Waals surface area contributed by atoms with Crippen LogP contribution in [0.2, 0.25) is 10.2 Å². The molecule has 7 nitrogen and oxygen atoms in total. The number of ether oxygens (including phenoxy) is 1. The number of carbonyl (C=O) groups is 2. The van der Waals surface area contributed by atoms with Gasteiger partial charge in [0, 0.05) is 42.8 Å². The summed E-state index contributed by atoms with van der Waals surface area (Å²) < 4.78 is 7.05. The Hall–Kier alpha value is -2.35. The summed E-state index contributed by atoms with van der Waals surface area (Å²) in [5.74, 6) is -0.140. The average Bonchev–Trinajstić information content (AvgIpc) is 3.11. The van der Waals surface area contributed by atoms with E-state index in [9.17, 15) is 9.59 Å². The highest BCUT2D eigenvalue weighted by atomic mass is 35.5. The molecule has 9 heteroatoms. The van der Waals surface area contributed by atoms with E-state index in [0.717, 1.165) is 29.7 Å². The molecule has 2 aliphatic rings. The monoisotopic (exact) mass is 490 g/mol. The lowest BCUT2D eigenvalue weighted by molar-refractivity contribution is -0.143. The molecule has 0 saturated carbocycles. The van der Waals surface area contributed by atoms with E-state index in [0.29, 0.717) is 56.1 Å². The fourth-order valence-electron chi connectivity index (χ4n) is 4.30. The predicted molar refractivity (Wildman–Crippen MR) is 128 cm³/mol. The molecular weight excluding hydrogens is 463 g/mol. The Morgan fingerprint density at radius 1 is 1.12 bits per heavy atom. The number of carbonyl (C=O) groups excluding carboxylic acids is 2. The minimum atomic E-state index is -0.151. The zero-order valence-electron chi connectivity index (χ0n) is 18.7. The van der Waals surface area contributed by atoms with Crippen LogP contribution in [-0.2, 0) is 20.9 Å². The van der Waals surface area contributed by atoms with Crippen LogP contribution in [0, 0.1) is 12.8 Å². The van der Waals surface area contributed by atoms with Crippen LogP contribution < -0.4 is 0 Å². The normalized spacial score (nSPS) is 19.3. The molecule has 4 rings (SSSR count). The molecule has 1 aromatic heterocycles. The van der Waals surface area contributed by atoms with Crippen molar-refractivity contribution in [3.8, 4) is 0 Å². The second kappa shape index (κ2) is 10.7. The van der Waals surface area contributed by atoms with Crippen molar-refractivity contribution >= 4 is 41.1 Å². The molecule has 2 aromatic rings. The van der Waals surface area contributed by atoms with Crippen LogP contribution in [0.5, 0.6) is 0 Å². The molecule has 0 bridgehead atoms. The Morgan fingerprint density at radius 2 is 1.85 bits per heavy atom. The Balaban J connectivity index is 1.40. The van der Waals surface area contributed by atoms with Gasteiger partial charge in [0.15, 0.2) is 0 Å². The highest BCUT2D eigenvalue weighted by Crippen LogP contribution is 2.24. The number of aromatic nitrogens is 2. The number of aryl methyl sites for hydroxylation is 1. The van der Waals surface area contributed by atoms with Gasteiger partial charge in [-0.25, -0.2) is 4.68 Å². The Morgan fingerprint density at radius 3 is 2.58 bits per heavy atom.